The normalized spacial score (nSPS) is 19.6. The van der Waals surface area contributed by atoms with Crippen LogP contribution in [0.15, 0.2) is 71.8 Å². The number of hydrazone groups is 1. The molecular weight excluding hydrogens is 401 g/mol. The van der Waals surface area contributed by atoms with E-state index >= 15 is 0 Å². The standard InChI is InChI=1S/C24H21ClFN3O/c1-28(2)19-10-5-16(6-11-19)24-29-22(20-13-17(25)7-12-23(20)30-24)14-21(27-29)15-3-8-18(26)9-4-15/h3-13,22,24H,14H2,1-2H3/t22-,24-/m1/s1. The van der Waals surface area contributed by atoms with Crippen LogP contribution in [-0.4, -0.2) is 24.8 Å². The molecule has 152 valence electrons. The van der Waals surface area contributed by atoms with E-state index < -0.39 is 0 Å². The van der Waals surface area contributed by atoms with Crippen LogP contribution in [0.25, 0.3) is 0 Å². The molecule has 0 saturated heterocycles. The first kappa shape index (κ1) is 18.9. The topological polar surface area (TPSA) is 28.1 Å². The molecule has 3 aromatic rings. The van der Waals surface area contributed by atoms with Crippen molar-refractivity contribution in [3.63, 3.8) is 0 Å². The van der Waals surface area contributed by atoms with Crippen LogP contribution in [0.2, 0.25) is 5.02 Å². The van der Waals surface area contributed by atoms with Gasteiger partial charge in [-0.1, -0.05) is 35.9 Å². The summed E-state index contributed by atoms with van der Waals surface area (Å²) in [5.41, 5.74) is 4.98. The van der Waals surface area contributed by atoms with Gasteiger partial charge in [0, 0.05) is 42.4 Å². The Morgan fingerprint density at radius 3 is 2.47 bits per heavy atom. The van der Waals surface area contributed by atoms with Gasteiger partial charge in [-0.3, -0.25) is 0 Å². The van der Waals surface area contributed by atoms with Crippen LogP contribution in [0.5, 0.6) is 5.75 Å². The highest BCUT2D eigenvalue weighted by Crippen LogP contribution is 2.48. The maximum Gasteiger partial charge on any atom is 0.213 e. The summed E-state index contributed by atoms with van der Waals surface area (Å²) < 4.78 is 19.8. The van der Waals surface area contributed by atoms with E-state index in [0.29, 0.717) is 11.4 Å². The van der Waals surface area contributed by atoms with Gasteiger partial charge in [-0.25, -0.2) is 9.40 Å². The summed E-state index contributed by atoms with van der Waals surface area (Å²) in [6, 6.07) is 20.5. The summed E-state index contributed by atoms with van der Waals surface area (Å²) in [4.78, 5) is 2.06. The Labute approximate surface area is 180 Å². The van der Waals surface area contributed by atoms with Crippen LogP contribution in [0.4, 0.5) is 10.1 Å². The van der Waals surface area contributed by atoms with Crippen LogP contribution >= 0.6 is 11.6 Å². The van der Waals surface area contributed by atoms with Crippen molar-refractivity contribution in [3.8, 4) is 5.75 Å². The molecule has 0 fully saturated rings. The summed E-state index contributed by atoms with van der Waals surface area (Å²) in [6.07, 6.45) is 0.354. The van der Waals surface area contributed by atoms with Gasteiger partial charge in [0.15, 0.2) is 0 Å². The van der Waals surface area contributed by atoms with Gasteiger partial charge < -0.3 is 9.64 Å². The van der Waals surface area contributed by atoms with Crippen molar-refractivity contribution in [2.75, 3.05) is 19.0 Å². The lowest BCUT2D eigenvalue weighted by Gasteiger charge is -2.38. The lowest BCUT2D eigenvalue weighted by atomic mass is 9.96. The molecule has 6 heteroatoms. The fourth-order valence-electron chi connectivity index (χ4n) is 4.03. The fraction of sp³-hybridized carbons (Fsp3) is 0.208. The largest absolute Gasteiger partial charge is 0.464 e. The van der Waals surface area contributed by atoms with E-state index in [1.165, 1.54) is 12.1 Å². The maximum atomic E-state index is 13.4. The van der Waals surface area contributed by atoms with E-state index in [2.05, 4.69) is 29.2 Å². The average Bonchev–Trinajstić information content (AvgIpc) is 3.19. The third kappa shape index (κ3) is 3.29. The predicted molar refractivity (Wildman–Crippen MR) is 118 cm³/mol. The molecular formula is C24H21ClFN3O. The number of hydrogen-bond donors (Lipinski definition) is 0. The number of ether oxygens (including phenoxy) is 1. The van der Waals surface area contributed by atoms with Gasteiger partial charge in [-0.05, 0) is 48.0 Å². The quantitative estimate of drug-likeness (QED) is 0.536. The molecule has 0 radical (unpaired) electrons. The Bertz CT molecular complexity index is 1110. The smallest absolute Gasteiger partial charge is 0.213 e. The van der Waals surface area contributed by atoms with Gasteiger partial charge in [0.25, 0.3) is 0 Å². The molecule has 0 aromatic heterocycles. The number of nitrogens with zero attached hydrogens (tertiary/aromatic N) is 3. The lowest BCUT2D eigenvalue weighted by molar-refractivity contribution is -0.0190. The van der Waals surface area contributed by atoms with Gasteiger partial charge in [-0.2, -0.15) is 5.10 Å². The molecule has 2 aliphatic heterocycles. The number of rotatable bonds is 3. The second-order valence-corrected chi connectivity index (χ2v) is 8.23. The van der Waals surface area contributed by atoms with Crippen molar-refractivity contribution in [1.29, 1.82) is 0 Å². The van der Waals surface area contributed by atoms with E-state index in [1.807, 2.05) is 37.3 Å². The van der Waals surface area contributed by atoms with Crippen molar-refractivity contribution < 1.29 is 9.13 Å². The highest BCUT2D eigenvalue weighted by Gasteiger charge is 2.41. The SMILES string of the molecule is CN(C)c1ccc([C@H]2Oc3ccc(Cl)cc3[C@H]3CC(c4ccc(F)cc4)=NN32)cc1. The van der Waals surface area contributed by atoms with Crippen LogP contribution < -0.4 is 9.64 Å². The molecule has 0 bridgehead atoms. The van der Waals surface area contributed by atoms with Crippen LogP contribution in [-0.2, 0) is 0 Å². The Morgan fingerprint density at radius 1 is 1.03 bits per heavy atom. The maximum absolute atomic E-state index is 13.4. The van der Waals surface area contributed by atoms with Gasteiger partial charge in [-0.15, -0.1) is 0 Å². The highest BCUT2D eigenvalue weighted by atomic mass is 35.5. The van der Waals surface area contributed by atoms with Crippen molar-refractivity contribution in [1.82, 2.24) is 5.01 Å². The van der Waals surface area contributed by atoms with E-state index in [0.717, 1.165) is 33.8 Å². The number of fused-ring (bicyclic) bond motifs is 3. The summed E-state index contributed by atoms with van der Waals surface area (Å²) in [5, 5.41) is 7.57. The number of hydrogen-bond acceptors (Lipinski definition) is 4. The van der Waals surface area contributed by atoms with Crippen molar-refractivity contribution in [2.45, 2.75) is 18.7 Å². The molecule has 2 atom stereocenters. The number of anilines is 1. The van der Waals surface area contributed by atoms with Crippen LogP contribution in [0.1, 0.15) is 35.4 Å². The Hall–Kier alpha value is -3.05. The fourth-order valence-corrected chi connectivity index (χ4v) is 4.21. The molecule has 0 aliphatic carbocycles. The van der Waals surface area contributed by atoms with E-state index in [4.69, 9.17) is 21.4 Å². The van der Waals surface area contributed by atoms with Crippen molar-refractivity contribution >= 4 is 23.0 Å². The van der Waals surface area contributed by atoms with Gasteiger partial charge in [0.1, 0.15) is 11.6 Å². The Morgan fingerprint density at radius 2 is 1.77 bits per heavy atom. The Balaban J connectivity index is 1.57. The second-order valence-electron chi connectivity index (χ2n) is 7.79. The third-order valence-electron chi connectivity index (χ3n) is 5.62. The molecule has 0 unspecified atom stereocenters. The lowest BCUT2D eigenvalue weighted by Crippen LogP contribution is -2.33. The predicted octanol–water partition coefficient (Wildman–Crippen LogP) is 5.79. The molecule has 2 aliphatic rings. The summed E-state index contributed by atoms with van der Waals surface area (Å²) in [7, 11) is 4.03. The van der Waals surface area contributed by atoms with Crippen LogP contribution in [0.3, 0.4) is 0 Å². The summed E-state index contributed by atoms with van der Waals surface area (Å²) in [5.74, 6) is 0.562. The van der Waals surface area contributed by atoms with Crippen molar-refractivity contribution in [3.05, 3.63) is 94.3 Å². The minimum Gasteiger partial charge on any atom is -0.464 e. The molecule has 4 nitrogen and oxygen atoms in total. The molecule has 0 spiro atoms. The summed E-state index contributed by atoms with van der Waals surface area (Å²) in [6.45, 7) is 0. The van der Waals surface area contributed by atoms with E-state index in [-0.39, 0.29) is 18.1 Å². The van der Waals surface area contributed by atoms with E-state index in [1.54, 1.807) is 12.1 Å². The first-order valence-electron chi connectivity index (χ1n) is 9.85. The second kappa shape index (κ2) is 7.33. The van der Waals surface area contributed by atoms with Gasteiger partial charge >= 0.3 is 0 Å². The molecule has 2 heterocycles. The number of halogens is 2. The molecule has 3 aromatic carbocycles. The Kier molecular flexibility index (Phi) is 4.63. The minimum atomic E-state index is -0.349. The zero-order valence-electron chi connectivity index (χ0n) is 16.7. The van der Waals surface area contributed by atoms with Gasteiger partial charge in [0.05, 0.1) is 11.8 Å². The third-order valence-corrected chi connectivity index (χ3v) is 5.86. The minimum absolute atomic E-state index is 0.00558. The number of benzene rings is 3. The van der Waals surface area contributed by atoms with Crippen molar-refractivity contribution in [2.24, 2.45) is 5.10 Å². The monoisotopic (exact) mass is 421 g/mol. The van der Waals surface area contributed by atoms with Gasteiger partial charge in [0.2, 0.25) is 6.23 Å². The first-order valence-corrected chi connectivity index (χ1v) is 10.2. The molecule has 5 rings (SSSR count). The molecule has 0 amide bonds. The zero-order chi connectivity index (χ0) is 20.8. The summed E-state index contributed by atoms with van der Waals surface area (Å²) >= 11 is 6.28. The molecule has 30 heavy (non-hydrogen) atoms. The average molecular weight is 422 g/mol. The van der Waals surface area contributed by atoms with E-state index in [9.17, 15) is 4.39 Å². The highest BCUT2D eigenvalue weighted by molar-refractivity contribution is 6.30. The molecule has 0 N–H and O–H groups in total. The van der Waals surface area contributed by atoms with Crippen LogP contribution in [0, 0.1) is 5.82 Å². The molecule has 0 saturated carbocycles. The zero-order valence-corrected chi connectivity index (χ0v) is 17.5. The first-order chi connectivity index (χ1) is 14.5.